The highest BCUT2D eigenvalue weighted by molar-refractivity contribution is 14.1. The smallest absolute Gasteiger partial charge is 0.0482 e. The number of alkyl halides is 1. The van der Waals surface area contributed by atoms with Gasteiger partial charge in [0, 0.05) is 3.42 Å². The molecular weight excluding hydrogens is 283 g/mol. The molecule has 0 fully saturated rings. The van der Waals surface area contributed by atoms with Crippen molar-refractivity contribution in [2.75, 3.05) is 0 Å². The van der Waals surface area contributed by atoms with Gasteiger partial charge in [0.1, 0.15) is 0 Å². The van der Waals surface area contributed by atoms with Crippen LogP contribution in [0.4, 0.5) is 0 Å². The standard InChI is InChI=1S/C13H15I/c1-13(14)10-6-5-9-12(13)11-7-3-2-4-8-11/h3,5-9H,2,4,10H2,1H3/t13-/m0/s1. The molecule has 0 radical (unpaired) electrons. The molecule has 0 saturated heterocycles. The van der Waals surface area contributed by atoms with Crippen LogP contribution in [0.2, 0.25) is 0 Å². The van der Waals surface area contributed by atoms with Crippen molar-refractivity contribution in [3.05, 3.63) is 47.6 Å². The van der Waals surface area contributed by atoms with Crippen molar-refractivity contribution in [3.63, 3.8) is 0 Å². The topological polar surface area (TPSA) is 0 Å². The fourth-order valence-corrected chi connectivity index (χ4v) is 2.69. The molecule has 0 spiro atoms. The first-order valence-corrected chi connectivity index (χ1v) is 6.21. The molecular formula is C13H15I. The van der Waals surface area contributed by atoms with Crippen LogP contribution in [-0.4, -0.2) is 3.42 Å². The normalized spacial score (nSPS) is 31.3. The molecule has 0 aliphatic heterocycles. The molecule has 0 unspecified atom stereocenters. The van der Waals surface area contributed by atoms with Crippen molar-refractivity contribution >= 4 is 22.6 Å². The molecule has 0 saturated carbocycles. The molecule has 0 amide bonds. The van der Waals surface area contributed by atoms with E-state index >= 15 is 0 Å². The van der Waals surface area contributed by atoms with Gasteiger partial charge in [0.2, 0.25) is 0 Å². The van der Waals surface area contributed by atoms with Crippen LogP contribution in [0.5, 0.6) is 0 Å². The predicted octanol–water partition coefficient (Wildman–Crippen LogP) is 4.34. The Morgan fingerprint density at radius 3 is 2.79 bits per heavy atom. The van der Waals surface area contributed by atoms with E-state index in [1.165, 1.54) is 24.0 Å². The minimum atomic E-state index is 0.278. The molecule has 2 rings (SSSR count). The van der Waals surface area contributed by atoms with Gasteiger partial charge in [-0.2, -0.15) is 0 Å². The number of hydrogen-bond acceptors (Lipinski definition) is 0. The van der Waals surface area contributed by atoms with E-state index in [0.717, 1.165) is 6.42 Å². The molecule has 0 aromatic carbocycles. The minimum Gasteiger partial charge on any atom is -0.0836 e. The summed E-state index contributed by atoms with van der Waals surface area (Å²) in [6, 6.07) is 0. The number of hydrogen-bond donors (Lipinski definition) is 0. The maximum atomic E-state index is 2.56. The Balaban J connectivity index is 2.32. The molecule has 1 heteroatoms. The third-order valence-electron chi connectivity index (χ3n) is 2.77. The van der Waals surface area contributed by atoms with Gasteiger partial charge in [-0.15, -0.1) is 0 Å². The lowest BCUT2D eigenvalue weighted by Gasteiger charge is -2.28. The second-order valence-electron chi connectivity index (χ2n) is 4.05. The summed E-state index contributed by atoms with van der Waals surface area (Å²) in [6.45, 7) is 2.31. The van der Waals surface area contributed by atoms with E-state index in [-0.39, 0.29) is 3.42 Å². The van der Waals surface area contributed by atoms with Crippen molar-refractivity contribution in [1.82, 2.24) is 0 Å². The van der Waals surface area contributed by atoms with E-state index in [2.05, 4.69) is 66.0 Å². The second kappa shape index (κ2) is 4.05. The van der Waals surface area contributed by atoms with Crippen LogP contribution < -0.4 is 0 Å². The highest BCUT2D eigenvalue weighted by atomic mass is 127. The molecule has 74 valence electrons. The summed E-state index contributed by atoms with van der Waals surface area (Å²) in [5.41, 5.74) is 2.91. The lowest BCUT2D eigenvalue weighted by molar-refractivity contribution is 0.789. The molecule has 2 aliphatic rings. The van der Waals surface area contributed by atoms with Gasteiger partial charge >= 0.3 is 0 Å². The number of rotatable bonds is 1. The average molecular weight is 298 g/mol. The van der Waals surface area contributed by atoms with Crippen molar-refractivity contribution in [1.29, 1.82) is 0 Å². The Morgan fingerprint density at radius 1 is 1.29 bits per heavy atom. The van der Waals surface area contributed by atoms with Gasteiger partial charge in [0.25, 0.3) is 0 Å². The Bertz CT molecular complexity index is 340. The van der Waals surface area contributed by atoms with Gasteiger partial charge in [0.15, 0.2) is 0 Å². The fourth-order valence-electron chi connectivity index (χ4n) is 1.95. The van der Waals surface area contributed by atoms with Crippen molar-refractivity contribution in [3.8, 4) is 0 Å². The summed E-state index contributed by atoms with van der Waals surface area (Å²) < 4.78 is 0.278. The molecule has 0 aromatic rings. The van der Waals surface area contributed by atoms with E-state index in [1.807, 2.05) is 0 Å². The van der Waals surface area contributed by atoms with E-state index < -0.39 is 0 Å². The molecule has 0 bridgehead atoms. The summed E-state index contributed by atoms with van der Waals surface area (Å²) in [5, 5.41) is 0. The maximum absolute atomic E-state index is 2.56. The molecule has 0 heterocycles. The van der Waals surface area contributed by atoms with Crippen LogP contribution in [0.3, 0.4) is 0 Å². The SMILES string of the molecule is C[C@]1(I)CC=CC=C1C1=CCCC=C1. The summed E-state index contributed by atoms with van der Waals surface area (Å²) in [7, 11) is 0. The monoisotopic (exact) mass is 298 g/mol. The van der Waals surface area contributed by atoms with Gasteiger partial charge in [-0.25, -0.2) is 0 Å². The van der Waals surface area contributed by atoms with Gasteiger partial charge in [-0.05, 0) is 37.3 Å². The number of allylic oxidation sites excluding steroid dienone is 8. The third kappa shape index (κ3) is 2.02. The summed E-state index contributed by atoms with van der Waals surface area (Å²) in [6.07, 6.45) is 17.1. The molecule has 0 aromatic heterocycles. The molecule has 0 nitrogen and oxygen atoms in total. The Kier molecular flexibility index (Phi) is 2.96. The minimum absolute atomic E-state index is 0.278. The lowest BCUT2D eigenvalue weighted by atomic mass is 9.86. The van der Waals surface area contributed by atoms with Gasteiger partial charge in [0.05, 0.1) is 0 Å². The Labute approximate surface area is 99.6 Å². The first kappa shape index (κ1) is 10.2. The van der Waals surface area contributed by atoms with Crippen molar-refractivity contribution in [2.24, 2.45) is 0 Å². The Hall–Kier alpha value is -0.310. The molecule has 14 heavy (non-hydrogen) atoms. The molecule has 1 atom stereocenters. The lowest BCUT2D eigenvalue weighted by Crippen LogP contribution is -2.21. The second-order valence-corrected chi connectivity index (χ2v) is 6.43. The highest BCUT2D eigenvalue weighted by Crippen LogP contribution is 2.39. The average Bonchev–Trinajstić information content (AvgIpc) is 2.18. The zero-order chi connectivity index (χ0) is 10.0. The van der Waals surface area contributed by atoms with Gasteiger partial charge < -0.3 is 0 Å². The number of halogens is 1. The van der Waals surface area contributed by atoms with E-state index in [4.69, 9.17) is 0 Å². The maximum Gasteiger partial charge on any atom is 0.0482 e. The Morgan fingerprint density at radius 2 is 2.14 bits per heavy atom. The zero-order valence-electron chi connectivity index (χ0n) is 8.46. The van der Waals surface area contributed by atoms with Crippen LogP contribution >= 0.6 is 22.6 Å². The van der Waals surface area contributed by atoms with Crippen molar-refractivity contribution in [2.45, 2.75) is 29.6 Å². The zero-order valence-corrected chi connectivity index (χ0v) is 10.6. The van der Waals surface area contributed by atoms with E-state index in [9.17, 15) is 0 Å². The summed E-state index contributed by atoms with van der Waals surface area (Å²) in [5.74, 6) is 0. The third-order valence-corrected chi connectivity index (χ3v) is 3.79. The first-order valence-electron chi connectivity index (χ1n) is 5.13. The summed E-state index contributed by atoms with van der Waals surface area (Å²) >= 11 is 2.56. The fraction of sp³-hybridized carbons (Fsp3) is 0.385. The summed E-state index contributed by atoms with van der Waals surface area (Å²) in [4.78, 5) is 0. The first-order chi connectivity index (χ1) is 6.70. The van der Waals surface area contributed by atoms with Crippen LogP contribution in [0.15, 0.2) is 47.6 Å². The highest BCUT2D eigenvalue weighted by Gasteiger charge is 2.27. The molecule has 2 aliphatic carbocycles. The van der Waals surface area contributed by atoms with Crippen LogP contribution in [0.25, 0.3) is 0 Å². The van der Waals surface area contributed by atoms with Gasteiger partial charge in [-0.1, -0.05) is 59.0 Å². The van der Waals surface area contributed by atoms with Crippen LogP contribution in [0.1, 0.15) is 26.2 Å². The molecule has 0 N–H and O–H groups in total. The van der Waals surface area contributed by atoms with Gasteiger partial charge in [-0.3, -0.25) is 0 Å². The van der Waals surface area contributed by atoms with Crippen molar-refractivity contribution < 1.29 is 0 Å². The van der Waals surface area contributed by atoms with E-state index in [1.54, 1.807) is 0 Å². The predicted molar refractivity (Wildman–Crippen MR) is 70.7 cm³/mol. The van der Waals surface area contributed by atoms with Crippen LogP contribution in [-0.2, 0) is 0 Å². The van der Waals surface area contributed by atoms with Crippen LogP contribution in [0, 0.1) is 0 Å². The quantitative estimate of drug-likeness (QED) is 0.499. The largest absolute Gasteiger partial charge is 0.0836 e. The van der Waals surface area contributed by atoms with E-state index in [0.29, 0.717) is 0 Å².